The number of H-pyrrole nitrogens is 1. The van der Waals surface area contributed by atoms with Crippen molar-refractivity contribution in [3.05, 3.63) is 52.6 Å². The lowest BCUT2D eigenvalue weighted by atomic mass is 10.2. The highest BCUT2D eigenvalue weighted by molar-refractivity contribution is 5.69. The van der Waals surface area contributed by atoms with Gasteiger partial charge in [0.1, 0.15) is 12.1 Å². The van der Waals surface area contributed by atoms with E-state index in [0.29, 0.717) is 17.8 Å². The van der Waals surface area contributed by atoms with Crippen LogP contribution in [-0.2, 0) is 13.7 Å². The molecule has 1 N–H and O–H groups in total. The minimum Gasteiger partial charge on any atom is -0.459 e. The van der Waals surface area contributed by atoms with E-state index < -0.39 is 0 Å². The Morgan fingerprint density at radius 2 is 2.11 bits per heavy atom. The maximum atomic E-state index is 11.4. The highest BCUT2D eigenvalue weighted by Crippen LogP contribution is 2.11. The first-order valence-corrected chi connectivity index (χ1v) is 5.82. The summed E-state index contributed by atoms with van der Waals surface area (Å²) in [7, 11) is 1.66. The van der Waals surface area contributed by atoms with Crippen molar-refractivity contribution in [2.24, 2.45) is 7.05 Å². The third-order valence-corrected chi connectivity index (χ3v) is 2.85. The van der Waals surface area contributed by atoms with Gasteiger partial charge < -0.3 is 4.74 Å². The molecule has 0 aliphatic heterocycles. The van der Waals surface area contributed by atoms with E-state index in [9.17, 15) is 4.79 Å². The molecule has 1 aromatic carbocycles. The summed E-state index contributed by atoms with van der Waals surface area (Å²) in [5.41, 5.74) is 1.94. The maximum Gasteiger partial charge on any atom is 0.327 e. The second-order valence-electron chi connectivity index (χ2n) is 4.15. The molecule has 0 radical (unpaired) electrons. The largest absolute Gasteiger partial charge is 0.459 e. The van der Waals surface area contributed by atoms with E-state index in [1.165, 1.54) is 4.57 Å². The third-order valence-electron chi connectivity index (χ3n) is 2.85. The van der Waals surface area contributed by atoms with Gasteiger partial charge in [0.15, 0.2) is 5.65 Å². The van der Waals surface area contributed by atoms with Crippen LogP contribution in [0.1, 0.15) is 5.56 Å². The summed E-state index contributed by atoms with van der Waals surface area (Å²) in [5, 5.41) is 0. The fourth-order valence-electron chi connectivity index (χ4n) is 1.78. The monoisotopic (exact) mass is 256 g/mol. The van der Waals surface area contributed by atoms with Crippen LogP contribution in [-0.4, -0.2) is 19.5 Å². The Kier molecular flexibility index (Phi) is 2.75. The van der Waals surface area contributed by atoms with E-state index in [2.05, 4.69) is 15.0 Å². The second-order valence-corrected chi connectivity index (χ2v) is 4.15. The molecule has 0 unspecified atom stereocenters. The van der Waals surface area contributed by atoms with Crippen molar-refractivity contribution in [1.29, 1.82) is 0 Å². The van der Waals surface area contributed by atoms with Gasteiger partial charge in [-0.25, -0.2) is 9.78 Å². The van der Waals surface area contributed by atoms with Crippen molar-refractivity contribution < 1.29 is 4.74 Å². The number of ether oxygens (including phenoxy) is 1. The fourth-order valence-corrected chi connectivity index (χ4v) is 1.78. The molecule has 19 heavy (non-hydrogen) atoms. The summed E-state index contributed by atoms with van der Waals surface area (Å²) < 4.78 is 6.95. The van der Waals surface area contributed by atoms with Gasteiger partial charge in [-0.1, -0.05) is 30.3 Å². The molecule has 0 spiro atoms. The van der Waals surface area contributed by atoms with E-state index in [1.807, 2.05) is 30.3 Å². The zero-order valence-corrected chi connectivity index (χ0v) is 10.3. The molecular weight excluding hydrogens is 244 g/mol. The van der Waals surface area contributed by atoms with E-state index in [1.54, 1.807) is 13.2 Å². The van der Waals surface area contributed by atoms with Gasteiger partial charge >= 0.3 is 11.7 Å². The molecule has 0 fully saturated rings. The van der Waals surface area contributed by atoms with Gasteiger partial charge in [0.05, 0.1) is 6.20 Å². The van der Waals surface area contributed by atoms with Gasteiger partial charge in [-0.2, -0.15) is 4.98 Å². The summed E-state index contributed by atoms with van der Waals surface area (Å²) in [5.74, 6) is 0. The lowest BCUT2D eigenvalue weighted by molar-refractivity contribution is 0.282. The smallest absolute Gasteiger partial charge is 0.327 e. The van der Waals surface area contributed by atoms with E-state index in [0.717, 1.165) is 5.56 Å². The van der Waals surface area contributed by atoms with Crippen LogP contribution >= 0.6 is 0 Å². The molecule has 3 aromatic rings. The number of rotatable bonds is 3. The number of nitrogens with zero attached hydrogens (tertiary/aromatic N) is 3. The van der Waals surface area contributed by atoms with Crippen molar-refractivity contribution in [2.75, 3.05) is 0 Å². The van der Waals surface area contributed by atoms with Crippen LogP contribution in [0.25, 0.3) is 11.2 Å². The van der Waals surface area contributed by atoms with E-state index >= 15 is 0 Å². The maximum absolute atomic E-state index is 11.4. The van der Waals surface area contributed by atoms with Crippen LogP contribution in [0, 0.1) is 0 Å². The molecule has 6 heteroatoms. The zero-order valence-electron chi connectivity index (χ0n) is 10.3. The molecule has 0 atom stereocenters. The lowest BCUT2D eigenvalue weighted by Crippen LogP contribution is -2.11. The number of benzene rings is 1. The zero-order chi connectivity index (χ0) is 13.2. The van der Waals surface area contributed by atoms with E-state index in [-0.39, 0.29) is 11.7 Å². The quantitative estimate of drug-likeness (QED) is 0.765. The normalized spacial score (nSPS) is 10.8. The standard InChI is InChI=1S/C13H12N4O2/c1-17-10-7-14-12(15-11(10)16-13(17)18)19-8-9-5-3-2-4-6-9/h2-7H,8H2,1H3,(H,14,15,16,18). The molecule has 2 aromatic heterocycles. The Labute approximate surface area is 108 Å². The first-order chi connectivity index (χ1) is 9.24. The Morgan fingerprint density at radius 1 is 1.32 bits per heavy atom. The predicted molar refractivity (Wildman–Crippen MR) is 69.9 cm³/mol. The first-order valence-electron chi connectivity index (χ1n) is 5.82. The number of aromatic amines is 1. The molecule has 0 saturated heterocycles. The van der Waals surface area contributed by atoms with Crippen molar-refractivity contribution in [1.82, 2.24) is 19.5 Å². The van der Waals surface area contributed by atoms with Crippen LogP contribution in [0.2, 0.25) is 0 Å². The number of nitrogens with one attached hydrogen (secondary N) is 1. The number of aryl methyl sites for hydroxylation is 1. The SMILES string of the molecule is Cn1c(=O)[nH]c2nc(OCc3ccccc3)ncc21. The van der Waals surface area contributed by atoms with Crippen LogP contribution < -0.4 is 10.4 Å². The first kappa shape index (κ1) is 11.5. The highest BCUT2D eigenvalue weighted by atomic mass is 16.5. The molecular formula is C13H12N4O2. The van der Waals surface area contributed by atoms with Gasteiger partial charge in [0.25, 0.3) is 0 Å². The number of hydrogen-bond acceptors (Lipinski definition) is 4. The van der Waals surface area contributed by atoms with Gasteiger partial charge in [0.2, 0.25) is 0 Å². The number of imidazole rings is 1. The summed E-state index contributed by atoms with van der Waals surface area (Å²) in [6.07, 6.45) is 1.57. The van der Waals surface area contributed by atoms with Gasteiger partial charge in [-0.3, -0.25) is 9.55 Å². The number of fused-ring (bicyclic) bond motifs is 1. The topological polar surface area (TPSA) is 72.8 Å². The van der Waals surface area contributed by atoms with Crippen LogP contribution in [0.3, 0.4) is 0 Å². The third kappa shape index (κ3) is 2.20. The van der Waals surface area contributed by atoms with Crippen molar-refractivity contribution in [3.63, 3.8) is 0 Å². The molecule has 3 rings (SSSR count). The predicted octanol–water partition coefficient (Wildman–Crippen LogP) is 1.24. The molecule has 0 saturated carbocycles. The molecule has 0 aliphatic carbocycles. The molecule has 0 aliphatic rings. The molecule has 96 valence electrons. The van der Waals surface area contributed by atoms with Crippen LogP contribution in [0.4, 0.5) is 0 Å². The average Bonchev–Trinajstić information content (AvgIpc) is 2.73. The Bertz CT molecular complexity index is 761. The van der Waals surface area contributed by atoms with Crippen LogP contribution in [0.5, 0.6) is 6.01 Å². The second kappa shape index (κ2) is 4.56. The minimum atomic E-state index is -0.218. The van der Waals surface area contributed by atoms with Gasteiger partial charge in [0, 0.05) is 7.05 Å². The Balaban J connectivity index is 1.84. The number of hydrogen-bond donors (Lipinski definition) is 1. The number of aromatic nitrogens is 4. The van der Waals surface area contributed by atoms with E-state index in [4.69, 9.17) is 4.74 Å². The minimum absolute atomic E-state index is 0.218. The van der Waals surface area contributed by atoms with Gasteiger partial charge in [-0.05, 0) is 5.56 Å². The molecule has 2 heterocycles. The Morgan fingerprint density at radius 3 is 2.89 bits per heavy atom. The summed E-state index contributed by atoms with van der Waals surface area (Å²) in [6, 6.07) is 10.00. The summed E-state index contributed by atoms with van der Waals surface area (Å²) in [4.78, 5) is 22.3. The lowest BCUT2D eigenvalue weighted by Gasteiger charge is -2.03. The van der Waals surface area contributed by atoms with Crippen molar-refractivity contribution in [3.8, 4) is 6.01 Å². The van der Waals surface area contributed by atoms with Crippen LogP contribution in [0.15, 0.2) is 41.3 Å². The summed E-state index contributed by atoms with van der Waals surface area (Å²) in [6.45, 7) is 0.392. The molecule has 6 nitrogen and oxygen atoms in total. The Hall–Kier alpha value is -2.63. The van der Waals surface area contributed by atoms with Gasteiger partial charge in [-0.15, -0.1) is 0 Å². The van der Waals surface area contributed by atoms with Crippen molar-refractivity contribution in [2.45, 2.75) is 6.61 Å². The molecule has 0 amide bonds. The summed E-state index contributed by atoms with van der Waals surface area (Å²) >= 11 is 0. The van der Waals surface area contributed by atoms with Crippen molar-refractivity contribution >= 4 is 11.2 Å². The molecule has 0 bridgehead atoms. The highest BCUT2D eigenvalue weighted by Gasteiger charge is 2.07. The fraction of sp³-hybridized carbons (Fsp3) is 0.154. The average molecular weight is 256 g/mol.